The van der Waals surface area contributed by atoms with Gasteiger partial charge in [0.25, 0.3) is 0 Å². The number of nitrogens with two attached hydrogens (primary N) is 1. The second-order valence-corrected chi connectivity index (χ2v) is 6.85. The molecular formula is C21H21F3N2O. The van der Waals surface area contributed by atoms with Gasteiger partial charge in [-0.3, -0.25) is 4.79 Å². The smallest absolute Gasteiger partial charge is 0.161 e. The molecule has 3 nitrogen and oxygen atoms in total. The number of hydrogen-bond donors (Lipinski definition) is 2. The van der Waals surface area contributed by atoms with E-state index in [1.165, 1.54) is 6.92 Å². The molecule has 0 aromatic heterocycles. The quantitative estimate of drug-likeness (QED) is 0.459. The molecule has 2 aromatic carbocycles. The van der Waals surface area contributed by atoms with Crippen molar-refractivity contribution in [2.75, 3.05) is 11.9 Å². The van der Waals surface area contributed by atoms with E-state index in [-0.39, 0.29) is 11.3 Å². The highest BCUT2D eigenvalue weighted by Crippen LogP contribution is 2.33. The number of allylic oxidation sites excluding steroid dienone is 1. The van der Waals surface area contributed by atoms with Crippen LogP contribution in [0.1, 0.15) is 41.6 Å². The molecule has 2 atom stereocenters. The van der Waals surface area contributed by atoms with Crippen LogP contribution in [0.15, 0.2) is 48.0 Å². The van der Waals surface area contributed by atoms with Crippen LogP contribution in [0, 0.1) is 17.5 Å². The number of rotatable bonds is 5. The van der Waals surface area contributed by atoms with E-state index in [1.807, 2.05) is 18.2 Å². The predicted molar refractivity (Wildman–Crippen MR) is 99.3 cm³/mol. The normalized spacial score (nSPS) is 19.5. The average molecular weight is 374 g/mol. The van der Waals surface area contributed by atoms with Crippen molar-refractivity contribution in [1.82, 2.24) is 0 Å². The van der Waals surface area contributed by atoms with E-state index in [4.69, 9.17) is 5.73 Å². The number of carbonyl (C=O) groups is 1. The maximum absolute atomic E-state index is 14.0. The molecule has 142 valence electrons. The van der Waals surface area contributed by atoms with Crippen LogP contribution in [0.3, 0.4) is 0 Å². The zero-order valence-electron chi connectivity index (χ0n) is 14.9. The number of carbonyl (C=O) groups excluding carboxylic acids is 1. The van der Waals surface area contributed by atoms with Crippen molar-refractivity contribution in [2.45, 2.75) is 31.7 Å². The molecule has 0 saturated heterocycles. The van der Waals surface area contributed by atoms with Gasteiger partial charge in [-0.25, -0.2) is 13.2 Å². The predicted octanol–water partition coefficient (Wildman–Crippen LogP) is 4.55. The highest BCUT2D eigenvalue weighted by molar-refractivity contribution is 5.94. The van der Waals surface area contributed by atoms with Crippen LogP contribution in [0.25, 0.3) is 0 Å². The zero-order chi connectivity index (χ0) is 19.6. The molecule has 27 heavy (non-hydrogen) atoms. The van der Waals surface area contributed by atoms with E-state index < -0.39 is 29.4 Å². The topological polar surface area (TPSA) is 55.1 Å². The SMILES string of the molecule is CC(=O)c1cccc(NCC2=CC[C@H](c3cc(F)c(F)cc3F)[C@@H](N)C2)c1. The van der Waals surface area contributed by atoms with Crippen molar-refractivity contribution in [3.63, 3.8) is 0 Å². The van der Waals surface area contributed by atoms with Crippen LogP contribution in [0.4, 0.5) is 18.9 Å². The molecule has 0 unspecified atom stereocenters. The van der Waals surface area contributed by atoms with E-state index in [9.17, 15) is 18.0 Å². The summed E-state index contributed by atoms with van der Waals surface area (Å²) >= 11 is 0. The van der Waals surface area contributed by atoms with E-state index in [0.29, 0.717) is 31.0 Å². The molecule has 6 heteroatoms. The third-order valence-corrected chi connectivity index (χ3v) is 4.90. The summed E-state index contributed by atoms with van der Waals surface area (Å²) in [5.41, 5.74) is 8.81. The van der Waals surface area contributed by atoms with Crippen molar-refractivity contribution in [2.24, 2.45) is 5.73 Å². The molecular weight excluding hydrogens is 353 g/mol. The van der Waals surface area contributed by atoms with Gasteiger partial charge in [0.05, 0.1) is 0 Å². The number of anilines is 1. The van der Waals surface area contributed by atoms with Crippen LogP contribution >= 0.6 is 0 Å². The minimum absolute atomic E-state index is 0.00560. The molecule has 3 N–H and O–H groups in total. The second-order valence-electron chi connectivity index (χ2n) is 6.85. The fourth-order valence-electron chi connectivity index (χ4n) is 3.38. The first-order valence-corrected chi connectivity index (χ1v) is 8.78. The standard InChI is InChI=1S/C21H21F3N2O/c1-12(27)14-3-2-4-15(8-14)26-11-13-5-6-16(21(25)7-13)17-9-19(23)20(24)10-18(17)22/h2-5,8-10,16,21,26H,6-7,11,25H2,1H3/t16-,21+/m1/s1. The lowest BCUT2D eigenvalue weighted by atomic mass is 9.80. The van der Waals surface area contributed by atoms with E-state index >= 15 is 0 Å². The lowest BCUT2D eigenvalue weighted by Crippen LogP contribution is -2.33. The van der Waals surface area contributed by atoms with Crippen LogP contribution in [0.2, 0.25) is 0 Å². The van der Waals surface area contributed by atoms with Gasteiger partial charge in [-0.2, -0.15) is 0 Å². The van der Waals surface area contributed by atoms with Gasteiger partial charge in [0.1, 0.15) is 5.82 Å². The minimum Gasteiger partial charge on any atom is -0.381 e. The number of hydrogen-bond acceptors (Lipinski definition) is 3. The number of nitrogens with one attached hydrogen (secondary N) is 1. The van der Waals surface area contributed by atoms with Crippen LogP contribution in [0.5, 0.6) is 0 Å². The molecule has 0 spiro atoms. The Kier molecular flexibility index (Phi) is 5.65. The van der Waals surface area contributed by atoms with Gasteiger partial charge in [0, 0.05) is 35.8 Å². The van der Waals surface area contributed by atoms with E-state index in [1.54, 1.807) is 12.1 Å². The van der Waals surface area contributed by atoms with Crippen LogP contribution < -0.4 is 11.1 Å². The molecule has 0 saturated carbocycles. The fourth-order valence-corrected chi connectivity index (χ4v) is 3.38. The van der Waals surface area contributed by atoms with Crippen molar-refractivity contribution in [3.8, 4) is 0 Å². The minimum atomic E-state index is -1.20. The number of halogens is 3. The number of Topliss-reactive ketones (excluding diaryl/α,β-unsaturated/α-hetero) is 1. The summed E-state index contributed by atoms with van der Waals surface area (Å²) in [5.74, 6) is -3.45. The summed E-state index contributed by atoms with van der Waals surface area (Å²) in [6, 6.07) is 8.29. The Balaban J connectivity index is 1.68. The second kappa shape index (κ2) is 7.96. The Hall–Kier alpha value is -2.60. The largest absolute Gasteiger partial charge is 0.381 e. The molecule has 0 aliphatic heterocycles. The lowest BCUT2D eigenvalue weighted by molar-refractivity contribution is 0.101. The number of ketones is 1. The molecule has 1 aliphatic carbocycles. The molecule has 0 heterocycles. The first kappa shape index (κ1) is 19.2. The summed E-state index contributed by atoms with van der Waals surface area (Å²) in [5, 5.41) is 3.25. The third kappa shape index (κ3) is 4.39. The third-order valence-electron chi connectivity index (χ3n) is 4.90. The molecule has 2 aromatic rings. The summed E-state index contributed by atoms with van der Waals surface area (Å²) in [6.07, 6.45) is 2.92. The van der Waals surface area contributed by atoms with Crippen molar-refractivity contribution in [1.29, 1.82) is 0 Å². The summed E-state index contributed by atoms with van der Waals surface area (Å²) in [4.78, 5) is 11.5. The molecule has 1 aliphatic rings. The summed E-state index contributed by atoms with van der Waals surface area (Å²) < 4.78 is 40.7. The lowest BCUT2D eigenvalue weighted by Gasteiger charge is -2.29. The summed E-state index contributed by atoms with van der Waals surface area (Å²) in [7, 11) is 0. The Morgan fingerprint density at radius 1 is 1.15 bits per heavy atom. The maximum Gasteiger partial charge on any atom is 0.161 e. The fraction of sp³-hybridized carbons (Fsp3) is 0.286. The Bertz CT molecular complexity index is 895. The van der Waals surface area contributed by atoms with Crippen molar-refractivity contribution < 1.29 is 18.0 Å². The zero-order valence-corrected chi connectivity index (χ0v) is 14.9. The van der Waals surface area contributed by atoms with Crippen LogP contribution in [-0.2, 0) is 0 Å². The van der Waals surface area contributed by atoms with Gasteiger partial charge in [-0.15, -0.1) is 0 Å². The maximum atomic E-state index is 14.0. The van der Waals surface area contributed by atoms with Gasteiger partial charge in [-0.1, -0.05) is 23.8 Å². The molecule has 0 amide bonds. The Morgan fingerprint density at radius 3 is 2.59 bits per heavy atom. The van der Waals surface area contributed by atoms with E-state index in [0.717, 1.165) is 17.3 Å². The van der Waals surface area contributed by atoms with Gasteiger partial charge < -0.3 is 11.1 Å². The number of benzene rings is 2. The van der Waals surface area contributed by atoms with Crippen LogP contribution in [-0.4, -0.2) is 18.4 Å². The van der Waals surface area contributed by atoms with Gasteiger partial charge in [0.2, 0.25) is 0 Å². The molecule has 0 radical (unpaired) electrons. The highest BCUT2D eigenvalue weighted by atomic mass is 19.2. The van der Waals surface area contributed by atoms with Gasteiger partial charge >= 0.3 is 0 Å². The average Bonchev–Trinajstić information content (AvgIpc) is 2.64. The molecule has 0 bridgehead atoms. The van der Waals surface area contributed by atoms with Crippen molar-refractivity contribution >= 4 is 11.5 Å². The molecule has 0 fully saturated rings. The first-order valence-electron chi connectivity index (χ1n) is 8.78. The van der Waals surface area contributed by atoms with Gasteiger partial charge in [-0.05, 0) is 43.5 Å². The van der Waals surface area contributed by atoms with Gasteiger partial charge in [0.15, 0.2) is 17.4 Å². The Labute approximate surface area is 156 Å². The van der Waals surface area contributed by atoms with E-state index in [2.05, 4.69) is 5.32 Å². The first-order chi connectivity index (χ1) is 12.8. The highest BCUT2D eigenvalue weighted by Gasteiger charge is 2.27. The van der Waals surface area contributed by atoms with Crippen molar-refractivity contribution in [3.05, 3.63) is 76.6 Å². The molecule has 3 rings (SSSR count). The monoisotopic (exact) mass is 374 g/mol. The summed E-state index contributed by atoms with van der Waals surface area (Å²) in [6.45, 7) is 2.06. The Morgan fingerprint density at radius 2 is 1.89 bits per heavy atom.